The van der Waals surface area contributed by atoms with E-state index in [1.165, 1.54) is 57.6 Å². The van der Waals surface area contributed by atoms with Gasteiger partial charge in [0.05, 0.1) is 4.92 Å². The van der Waals surface area contributed by atoms with Gasteiger partial charge in [0, 0.05) is 11.8 Å². The van der Waals surface area contributed by atoms with Gasteiger partial charge in [-0.3, -0.25) is 20.2 Å². The van der Waals surface area contributed by atoms with E-state index in [1.807, 2.05) is 18.2 Å². The summed E-state index contributed by atoms with van der Waals surface area (Å²) in [6, 6.07) is 20.2. The molecule has 0 aliphatic carbocycles. The van der Waals surface area contributed by atoms with Crippen LogP contribution in [0.25, 0.3) is 10.8 Å². The Morgan fingerprint density at radius 2 is 1.79 bits per heavy atom. The van der Waals surface area contributed by atoms with Crippen molar-refractivity contribution in [2.75, 3.05) is 5.32 Å². The lowest BCUT2D eigenvalue weighted by Gasteiger charge is -2.04. The second kappa shape index (κ2) is 8.38. The van der Waals surface area contributed by atoms with E-state index >= 15 is 0 Å². The number of fused-ring (bicyclic) bond motifs is 1. The zero-order valence-electron chi connectivity index (χ0n) is 14.9. The van der Waals surface area contributed by atoms with Crippen molar-refractivity contribution in [3.63, 3.8) is 0 Å². The number of anilines is 1. The van der Waals surface area contributed by atoms with Crippen LogP contribution in [0.4, 0.5) is 10.8 Å². The highest BCUT2D eigenvalue weighted by Crippen LogP contribution is 2.31. The number of rotatable bonds is 6. The van der Waals surface area contributed by atoms with Crippen molar-refractivity contribution in [1.82, 2.24) is 10.2 Å². The van der Waals surface area contributed by atoms with Crippen molar-refractivity contribution in [3.8, 4) is 0 Å². The molecule has 0 unspecified atom stereocenters. The quantitative estimate of drug-likeness (QED) is 0.200. The highest BCUT2D eigenvalue weighted by atomic mass is 32.2. The predicted octanol–water partition coefficient (Wildman–Crippen LogP) is 5.14. The van der Waals surface area contributed by atoms with Gasteiger partial charge in [0.2, 0.25) is 5.13 Å². The Labute approximate surface area is 173 Å². The van der Waals surface area contributed by atoms with E-state index in [0.29, 0.717) is 15.2 Å². The summed E-state index contributed by atoms with van der Waals surface area (Å²) in [5.41, 5.74) is 0.923. The van der Waals surface area contributed by atoms with Crippen LogP contribution < -0.4 is 5.32 Å². The molecule has 0 saturated carbocycles. The lowest BCUT2D eigenvalue weighted by atomic mass is 10.1. The molecule has 1 amide bonds. The fourth-order valence-electron chi connectivity index (χ4n) is 2.87. The zero-order valence-corrected chi connectivity index (χ0v) is 16.6. The summed E-state index contributed by atoms with van der Waals surface area (Å²) in [4.78, 5) is 22.9. The molecule has 0 bridgehead atoms. The first-order valence-electron chi connectivity index (χ1n) is 8.59. The molecule has 1 heterocycles. The highest BCUT2D eigenvalue weighted by molar-refractivity contribution is 8.00. The van der Waals surface area contributed by atoms with E-state index in [4.69, 9.17) is 0 Å². The van der Waals surface area contributed by atoms with Crippen LogP contribution in [0.2, 0.25) is 0 Å². The molecule has 0 atom stereocenters. The number of hydrogen-bond donors (Lipinski definition) is 1. The minimum Gasteiger partial charge on any atom is -0.296 e. The molecule has 0 aliphatic heterocycles. The molecule has 1 N–H and O–H groups in total. The third kappa shape index (κ3) is 4.25. The lowest BCUT2D eigenvalue weighted by molar-refractivity contribution is -0.385. The van der Waals surface area contributed by atoms with Gasteiger partial charge in [0.25, 0.3) is 11.6 Å². The number of nitrogens with zero attached hydrogens (tertiary/aromatic N) is 3. The largest absolute Gasteiger partial charge is 0.296 e. The smallest absolute Gasteiger partial charge is 0.282 e. The van der Waals surface area contributed by atoms with Crippen LogP contribution in [0.1, 0.15) is 15.9 Å². The second-order valence-electron chi connectivity index (χ2n) is 6.03. The van der Waals surface area contributed by atoms with Gasteiger partial charge in [0.1, 0.15) is 5.56 Å². The molecule has 0 spiro atoms. The summed E-state index contributed by atoms with van der Waals surface area (Å²) in [5, 5.41) is 24.4. The van der Waals surface area contributed by atoms with Crippen LogP contribution in [0.5, 0.6) is 0 Å². The van der Waals surface area contributed by atoms with E-state index in [9.17, 15) is 14.9 Å². The maximum atomic E-state index is 12.4. The number of nitro groups is 1. The molecule has 29 heavy (non-hydrogen) atoms. The highest BCUT2D eigenvalue weighted by Gasteiger charge is 2.20. The third-order valence-corrected chi connectivity index (χ3v) is 6.22. The van der Waals surface area contributed by atoms with Gasteiger partial charge in [-0.15, -0.1) is 10.2 Å². The summed E-state index contributed by atoms with van der Waals surface area (Å²) in [6.07, 6.45) is 0. The Bertz CT molecular complexity index is 1200. The fraction of sp³-hybridized carbons (Fsp3) is 0.0500. The number of carbonyl (C=O) groups is 1. The lowest BCUT2D eigenvalue weighted by Crippen LogP contribution is -2.13. The Kier molecular flexibility index (Phi) is 5.50. The molecule has 4 aromatic rings. The minimum absolute atomic E-state index is 0.0161. The van der Waals surface area contributed by atoms with Crippen LogP contribution in [0.3, 0.4) is 0 Å². The number of benzene rings is 3. The molecule has 0 fully saturated rings. The first-order valence-corrected chi connectivity index (χ1v) is 10.4. The molecule has 4 rings (SSSR count). The van der Waals surface area contributed by atoms with E-state index in [1.54, 1.807) is 6.07 Å². The van der Waals surface area contributed by atoms with Crippen LogP contribution in [-0.2, 0) is 5.75 Å². The second-order valence-corrected chi connectivity index (χ2v) is 8.23. The van der Waals surface area contributed by atoms with Crippen molar-refractivity contribution in [2.45, 2.75) is 10.1 Å². The van der Waals surface area contributed by atoms with Crippen molar-refractivity contribution in [3.05, 3.63) is 88.0 Å². The van der Waals surface area contributed by atoms with Crippen LogP contribution in [-0.4, -0.2) is 21.0 Å². The van der Waals surface area contributed by atoms with Crippen molar-refractivity contribution in [1.29, 1.82) is 0 Å². The van der Waals surface area contributed by atoms with E-state index in [0.717, 1.165) is 0 Å². The molecule has 7 nitrogen and oxygen atoms in total. The number of nitro benzene ring substituents is 1. The summed E-state index contributed by atoms with van der Waals surface area (Å²) < 4.78 is 0.704. The van der Waals surface area contributed by atoms with Gasteiger partial charge in [-0.2, -0.15) is 0 Å². The van der Waals surface area contributed by atoms with Gasteiger partial charge in [0.15, 0.2) is 4.34 Å². The standard InChI is InChI=1S/C20H14N4O3S2/c25-18(16-10-3-4-11-17(16)24(26)27)21-19-22-23-20(29-19)28-12-14-8-5-7-13-6-1-2-9-15(13)14/h1-11H,12H2,(H,21,22,25). The third-order valence-electron chi connectivity index (χ3n) is 4.20. The molecule has 0 saturated heterocycles. The Balaban J connectivity index is 1.45. The SMILES string of the molecule is O=C(Nc1nnc(SCc2cccc3ccccc23)s1)c1ccccc1[N+](=O)[O-]. The normalized spacial score (nSPS) is 10.8. The number of amides is 1. The number of thioether (sulfide) groups is 1. The molecular formula is C20H14N4O3S2. The van der Waals surface area contributed by atoms with Crippen molar-refractivity contribution in [2.24, 2.45) is 0 Å². The topological polar surface area (TPSA) is 98.0 Å². The average molecular weight is 422 g/mol. The van der Waals surface area contributed by atoms with E-state index in [-0.39, 0.29) is 11.3 Å². The summed E-state index contributed by atoms with van der Waals surface area (Å²) in [5.74, 6) is 0.132. The summed E-state index contributed by atoms with van der Waals surface area (Å²) in [6.45, 7) is 0. The van der Waals surface area contributed by atoms with Gasteiger partial charge in [-0.25, -0.2) is 0 Å². The van der Waals surface area contributed by atoms with E-state index in [2.05, 4.69) is 39.8 Å². The Morgan fingerprint density at radius 3 is 2.66 bits per heavy atom. The van der Waals surface area contributed by atoms with Crippen LogP contribution in [0, 0.1) is 10.1 Å². The monoisotopic (exact) mass is 422 g/mol. The minimum atomic E-state index is -0.584. The molecule has 1 aromatic heterocycles. The maximum absolute atomic E-state index is 12.4. The predicted molar refractivity (Wildman–Crippen MR) is 114 cm³/mol. The zero-order chi connectivity index (χ0) is 20.2. The molecule has 9 heteroatoms. The van der Waals surface area contributed by atoms with Gasteiger partial charge in [-0.05, 0) is 22.4 Å². The molecule has 0 radical (unpaired) electrons. The van der Waals surface area contributed by atoms with E-state index < -0.39 is 10.8 Å². The van der Waals surface area contributed by atoms with Crippen LogP contribution >= 0.6 is 23.1 Å². The maximum Gasteiger partial charge on any atom is 0.282 e. The molecule has 0 aliphatic rings. The number of carbonyl (C=O) groups excluding carboxylic acids is 1. The summed E-state index contributed by atoms with van der Waals surface area (Å²) >= 11 is 2.76. The van der Waals surface area contributed by atoms with Crippen LogP contribution in [0.15, 0.2) is 71.1 Å². The van der Waals surface area contributed by atoms with Crippen molar-refractivity contribution >= 4 is 50.6 Å². The number of hydrogen-bond acceptors (Lipinski definition) is 7. The number of para-hydroxylation sites is 1. The summed E-state index contributed by atoms with van der Waals surface area (Å²) in [7, 11) is 0. The first kappa shape index (κ1) is 19.0. The average Bonchev–Trinajstić information content (AvgIpc) is 3.19. The molecule has 3 aromatic carbocycles. The molecule has 144 valence electrons. The first-order chi connectivity index (χ1) is 14.1. The van der Waals surface area contributed by atoms with Crippen molar-refractivity contribution < 1.29 is 9.72 Å². The molecular weight excluding hydrogens is 408 g/mol. The number of nitrogens with one attached hydrogen (secondary N) is 1. The van der Waals surface area contributed by atoms with Gasteiger partial charge in [-0.1, -0.05) is 77.7 Å². The number of aromatic nitrogens is 2. The Morgan fingerprint density at radius 1 is 1.03 bits per heavy atom. The fourth-order valence-corrected chi connectivity index (χ4v) is 4.62. The van der Waals surface area contributed by atoms with Gasteiger partial charge >= 0.3 is 0 Å². The van der Waals surface area contributed by atoms with Gasteiger partial charge < -0.3 is 0 Å². The Hall–Kier alpha value is -3.30.